The number of fused-ring (bicyclic) bond motifs is 2. The van der Waals surface area contributed by atoms with Crippen LogP contribution in [0.2, 0.25) is 0 Å². The van der Waals surface area contributed by atoms with Crippen molar-refractivity contribution >= 4 is 16.8 Å². The fraction of sp³-hybridized carbons (Fsp3) is 0.474. The first kappa shape index (κ1) is 16.3. The van der Waals surface area contributed by atoms with Crippen molar-refractivity contribution in [1.82, 2.24) is 9.88 Å². The second kappa shape index (κ2) is 5.68. The number of aromatic amines is 1. The lowest BCUT2D eigenvalue weighted by Crippen LogP contribution is -2.66. The molecule has 25 heavy (non-hydrogen) atoms. The average molecular weight is 342 g/mol. The van der Waals surface area contributed by atoms with Crippen molar-refractivity contribution in [1.29, 1.82) is 0 Å². The van der Waals surface area contributed by atoms with Crippen LogP contribution in [0.15, 0.2) is 35.1 Å². The van der Waals surface area contributed by atoms with Crippen LogP contribution in [-0.2, 0) is 0 Å². The number of nitrogens with one attached hydrogen (secondary N) is 1. The Morgan fingerprint density at radius 1 is 1.08 bits per heavy atom. The van der Waals surface area contributed by atoms with Gasteiger partial charge in [-0.15, -0.1) is 0 Å². The molecule has 6 heteroatoms. The first-order valence-electron chi connectivity index (χ1n) is 8.78. The summed E-state index contributed by atoms with van der Waals surface area (Å²) in [5.41, 5.74) is -1.76. The molecular weight excluding hydrogens is 320 g/mol. The van der Waals surface area contributed by atoms with Gasteiger partial charge in [0.05, 0.1) is 17.7 Å². The van der Waals surface area contributed by atoms with Gasteiger partial charge < -0.3 is 20.1 Å². The average Bonchev–Trinajstić information content (AvgIpc) is 2.60. The van der Waals surface area contributed by atoms with Gasteiger partial charge in [-0.3, -0.25) is 9.59 Å². The Kier molecular flexibility index (Phi) is 3.70. The number of benzene rings is 1. The van der Waals surface area contributed by atoms with Gasteiger partial charge in [0.25, 0.3) is 5.91 Å². The minimum absolute atomic E-state index is 0.101. The molecule has 4 rings (SSSR count). The number of amides is 1. The van der Waals surface area contributed by atoms with Crippen molar-refractivity contribution in [3.05, 3.63) is 46.2 Å². The second-order valence-electron chi connectivity index (χ2n) is 7.34. The Morgan fingerprint density at radius 2 is 1.80 bits per heavy atom. The predicted octanol–water partition coefficient (Wildman–Crippen LogP) is 1.41. The number of nitrogens with zero attached hydrogens (tertiary/aromatic N) is 1. The molecule has 0 unspecified atom stereocenters. The molecule has 1 aromatic carbocycles. The van der Waals surface area contributed by atoms with Crippen LogP contribution >= 0.6 is 0 Å². The fourth-order valence-corrected chi connectivity index (χ4v) is 4.32. The van der Waals surface area contributed by atoms with Crippen molar-refractivity contribution < 1.29 is 15.0 Å². The number of likely N-dealkylation sites (tertiary alicyclic amines) is 1. The third-order valence-corrected chi connectivity index (χ3v) is 5.81. The quantitative estimate of drug-likeness (QED) is 0.730. The number of β-amino-alcohol motifs (C(OH)–C–C–N with tert-alkyl or cyclic N) is 1. The Bertz CT molecular complexity index is 892. The van der Waals surface area contributed by atoms with Crippen LogP contribution < -0.4 is 5.56 Å². The lowest BCUT2D eigenvalue weighted by atomic mass is 9.67. The van der Waals surface area contributed by atoms with Crippen LogP contribution in [0.4, 0.5) is 0 Å². The normalized spacial score (nSPS) is 29.4. The molecule has 6 nitrogen and oxygen atoms in total. The lowest BCUT2D eigenvalue weighted by molar-refractivity contribution is -0.203. The van der Waals surface area contributed by atoms with E-state index in [4.69, 9.17) is 0 Å². The standard InChI is InChI=1S/C19H22N2O4/c22-16-11-14(13-5-1-2-6-15(13)20-16)17(23)21-10-9-18(24)7-3-4-8-19(18,25)12-21/h1-2,5-6,11,24-25H,3-4,7-10,12H2,(H,20,22)/t18-,19+/m0/s1. The van der Waals surface area contributed by atoms with Gasteiger partial charge in [0.15, 0.2) is 0 Å². The molecule has 2 aliphatic rings. The summed E-state index contributed by atoms with van der Waals surface area (Å²) in [5.74, 6) is -0.275. The molecule has 1 aliphatic heterocycles. The first-order chi connectivity index (χ1) is 11.9. The number of aromatic nitrogens is 1. The number of hydrogen-bond acceptors (Lipinski definition) is 4. The minimum Gasteiger partial charge on any atom is -0.387 e. The van der Waals surface area contributed by atoms with E-state index in [1.807, 2.05) is 6.07 Å². The van der Waals surface area contributed by atoms with Crippen LogP contribution in [0.25, 0.3) is 10.9 Å². The van der Waals surface area contributed by atoms with Crippen molar-refractivity contribution in [2.24, 2.45) is 0 Å². The van der Waals surface area contributed by atoms with Crippen molar-refractivity contribution in [3.63, 3.8) is 0 Å². The summed E-state index contributed by atoms with van der Waals surface area (Å²) in [6.45, 7) is 0.474. The summed E-state index contributed by atoms with van der Waals surface area (Å²) < 4.78 is 0. The number of carbonyl (C=O) groups excluding carboxylic acids is 1. The smallest absolute Gasteiger partial charge is 0.254 e. The van der Waals surface area contributed by atoms with E-state index in [2.05, 4.69) is 4.98 Å². The van der Waals surface area contributed by atoms with Crippen LogP contribution in [-0.4, -0.2) is 50.3 Å². The minimum atomic E-state index is -1.27. The van der Waals surface area contributed by atoms with E-state index in [0.717, 1.165) is 12.8 Å². The van der Waals surface area contributed by atoms with E-state index in [1.54, 1.807) is 23.1 Å². The van der Waals surface area contributed by atoms with E-state index < -0.39 is 11.2 Å². The topological polar surface area (TPSA) is 93.6 Å². The maximum atomic E-state index is 13.1. The molecule has 2 fully saturated rings. The van der Waals surface area contributed by atoms with Gasteiger partial charge in [0.2, 0.25) is 5.56 Å². The zero-order valence-electron chi connectivity index (χ0n) is 14.0. The van der Waals surface area contributed by atoms with Crippen LogP contribution in [0.1, 0.15) is 42.5 Å². The van der Waals surface area contributed by atoms with Gasteiger partial charge in [0.1, 0.15) is 5.60 Å². The Balaban J connectivity index is 1.70. The summed E-state index contributed by atoms with van der Waals surface area (Å²) in [4.78, 5) is 29.3. The maximum Gasteiger partial charge on any atom is 0.254 e. The Hall–Kier alpha value is -2.18. The molecule has 132 valence electrons. The molecule has 1 aliphatic carbocycles. The van der Waals surface area contributed by atoms with Crippen molar-refractivity contribution in [3.8, 4) is 0 Å². The summed E-state index contributed by atoms with van der Waals surface area (Å²) in [7, 11) is 0. The molecule has 0 bridgehead atoms. The maximum absolute atomic E-state index is 13.1. The van der Waals surface area contributed by atoms with E-state index in [-0.39, 0.29) is 18.0 Å². The number of H-pyrrole nitrogens is 1. The molecule has 0 radical (unpaired) electrons. The number of rotatable bonds is 1. The van der Waals surface area contributed by atoms with Gasteiger partial charge in [-0.25, -0.2) is 0 Å². The number of aliphatic hydroxyl groups is 2. The van der Waals surface area contributed by atoms with E-state index in [0.29, 0.717) is 42.3 Å². The molecule has 3 N–H and O–H groups in total. The SMILES string of the molecule is O=C(c1cc(=O)[nH]c2ccccc12)N1CC[C@@]2(O)CCCC[C@@]2(O)C1. The molecule has 1 saturated carbocycles. The largest absolute Gasteiger partial charge is 0.387 e. The highest BCUT2D eigenvalue weighted by Gasteiger charge is 2.54. The summed E-state index contributed by atoms with van der Waals surface area (Å²) in [6.07, 6.45) is 3.15. The molecular formula is C19H22N2O4. The molecule has 1 saturated heterocycles. The third kappa shape index (κ3) is 2.56. The molecule has 2 heterocycles. The highest BCUT2D eigenvalue weighted by Crippen LogP contribution is 2.43. The molecule has 2 aromatic rings. The van der Waals surface area contributed by atoms with Gasteiger partial charge in [-0.2, -0.15) is 0 Å². The molecule has 2 atom stereocenters. The van der Waals surface area contributed by atoms with Crippen molar-refractivity contribution in [2.45, 2.75) is 43.3 Å². The zero-order chi connectivity index (χ0) is 17.7. The highest BCUT2D eigenvalue weighted by atomic mass is 16.4. The third-order valence-electron chi connectivity index (χ3n) is 5.81. The van der Waals surface area contributed by atoms with Crippen LogP contribution in [0, 0.1) is 0 Å². The van der Waals surface area contributed by atoms with Gasteiger partial charge in [-0.05, 0) is 25.3 Å². The fourth-order valence-electron chi connectivity index (χ4n) is 4.32. The first-order valence-corrected chi connectivity index (χ1v) is 8.78. The summed E-state index contributed by atoms with van der Waals surface area (Å²) in [5, 5.41) is 22.4. The van der Waals surface area contributed by atoms with E-state index in [9.17, 15) is 19.8 Å². The van der Waals surface area contributed by atoms with Crippen molar-refractivity contribution in [2.75, 3.05) is 13.1 Å². The highest BCUT2D eigenvalue weighted by molar-refractivity contribution is 6.06. The van der Waals surface area contributed by atoms with Gasteiger partial charge in [0, 0.05) is 23.5 Å². The number of carbonyl (C=O) groups is 1. The van der Waals surface area contributed by atoms with E-state index >= 15 is 0 Å². The van der Waals surface area contributed by atoms with Crippen LogP contribution in [0.3, 0.4) is 0 Å². The molecule has 1 amide bonds. The number of hydrogen-bond donors (Lipinski definition) is 3. The van der Waals surface area contributed by atoms with Gasteiger partial charge >= 0.3 is 0 Å². The Labute approximate surface area is 145 Å². The number of pyridine rings is 1. The summed E-state index contributed by atoms with van der Waals surface area (Å²) >= 11 is 0. The second-order valence-corrected chi connectivity index (χ2v) is 7.34. The Morgan fingerprint density at radius 3 is 2.60 bits per heavy atom. The zero-order valence-corrected chi connectivity index (χ0v) is 14.0. The monoisotopic (exact) mass is 342 g/mol. The molecule has 0 spiro atoms. The van der Waals surface area contributed by atoms with Gasteiger partial charge in [-0.1, -0.05) is 31.0 Å². The summed E-state index contributed by atoms with van der Waals surface area (Å²) in [6, 6.07) is 8.50. The predicted molar refractivity (Wildman–Crippen MR) is 93.5 cm³/mol. The van der Waals surface area contributed by atoms with E-state index in [1.165, 1.54) is 6.07 Å². The molecule has 1 aromatic heterocycles. The number of piperidine rings is 1. The lowest BCUT2D eigenvalue weighted by Gasteiger charge is -2.53. The van der Waals surface area contributed by atoms with Crippen LogP contribution in [0.5, 0.6) is 0 Å². The number of para-hydroxylation sites is 1.